The zero-order chi connectivity index (χ0) is 13.9. The van der Waals surface area contributed by atoms with Crippen molar-refractivity contribution in [3.63, 3.8) is 0 Å². The number of nitrogens with one attached hydrogen (secondary N) is 2. The number of hydrogen-bond donors (Lipinski definition) is 2. The summed E-state index contributed by atoms with van der Waals surface area (Å²) in [5.74, 6) is 0. The van der Waals surface area contributed by atoms with E-state index in [-0.39, 0.29) is 17.8 Å². The molecule has 0 unspecified atom stereocenters. The Kier molecular flexibility index (Phi) is 6.17. The smallest absolute Gasteiger partial charge is 0.0897 e. The number of H-pyrrole nitrogens is 1. The van der Waals surface area contributed by atoms with Gasteiger partial charge in [-0.1, -0.05) is 20.8 Å². The maximum absolute atomic E-state index is 4.46. The van der Waals surface area contributed by atoms with Crippen molar-refractivity contribution >= 4 is 23.7 Å². The van der Waals surface area contributed by atoms with Gasteiger partial charge in [-0.05, 0) is 6.92 Å². The van der Waals surface area contributed by atoms with Gasteiger partial charge in [0.15, 0.2) is 0 Å². The van der Waals surface area contributed by atoms with Crippen LogP contribution in [0.5, 0.6) is 0 Å². The lowest BCUT2D eigenvalue weighted by Crippen LogP contribution is -2.20. The van der Waals surface area contributed by atoms with E-state index in [4.69, 9.17) is 0 Å². The van der Waals surface area contributed by atoms with E-state index in [1.807, 2.05) is 13.1 Å². The molecule has 0 fully saturated rings. The molecule has 0 bridgehead atoms. The molecular formula is C14H23ClN4S. The monoisotopic (exact) mass is 314 g/mol. The Labute approximate surface area is 130 Å². The fourth-order valence-corrected chi connectivity index (χ4v) is 2.70. The molecule has 2 aromatic heterocycles. The molecule has 0 saturated carbocycles. The normalized spacial score (nSPS) is 11.4. The first-order chi connectivity index (χ1) is 8.97. The first-order valence-electron chi connectivity index (χ1n) is 6.61. The van der Waals surface area contributed by atoms with Gasteiger partial charge in [-0.2, -0.15) is 5.10 Å². The number of aromatic nitrogens is 3. The molecule has 0 spiro atoms. The number of nitrogens with zero attached hydrogens (tertiary/aromatic N) is 2. The van der Waals surface area contributed by atoms with E-state index >= 15 is 0 Å². The standard InChI is InChI=1S/C14H22N4S.ClH/c1-10-17-12(9-19-10)5-6-15-7-11-8-16-18-13(11)14(2,3)4;/h8-9,15H,5-7H2,1-4H3,(H,16,18);1H. The van der Waals surface area contributed by atoms with Crippen molar-refractivity contribution in [3.8, 4) is 0 Å². The lowest BCUT2D eigenvalue weighted by Gasteiger charge is -2.18. The summed E-state index contributed by atoms with van der Waals surface area (Å²) >= 11 is 1.71. The van der Waals surface area contributed by atoms with Gasteiger partial charge in [0.1, 0.15) is 0 Å². The molecule has 0 aliphatic carbocycles. The van der Waals surface area contributed by atoms with Gasteiger partial charge in [-0.3, -0.25) is 5.10 Å². The number of thiazole rings is 1. The molecule has 0 atom stereocenters. The molecule has 2 rings (SSSR count). The molecule has 0 aliphatic rings. The number of aromatic amines is 1. The summed E-state index contributed by atoms with van der Waals surface area (Å²) in [6.07, 6.45) is 2.90. The first kappa shape index (κ1) is 17.1. The Balaban J connectivity index is 0.00000200. The summed E-state index contributed by atoms with van der Waals surface area (Å²) in [6.45, 7) is 10.4. The average Bonchev–Trinajstić information content (AvgIpc) is 2.92. The van der Waals surface area contributed by atoms with E-state index < -0.39 is 0 Å². The van der Waals surface area contributed by atoms with Crippen LogP contribution in [0.3, 0.4) is 0 Å². The molecule has 0 radical (unpaired) electrons. The molecule has 0 aliphatic heterocycles. The Morgan fingerprint density at radius 2 is 2.10 bits per heavy atom. The minimum absolute atomic E-state index is 0. The maximum atomic E-state index is 4.46. The number of halogens is 1. The van der Waals surface area contributed by atoms with E-state index in [9.17, 15) is 0 Å². The van der Waals surface area contributed by atoms with Crippen LogP contribution in [0.1, 0.15) is 42.7 Å². The lowest BCUT2D eigenvalue weighted by molar-refractivity contribution is 0.553. The second-order valence-electron chi connectivity index (χ2n) is 5.80. The molecule has 112 valence electrons. The van der Waals surface area contributed by atoms with Crippen LogP contribution in [-0.4, -0.2) is 21.7 Å². The molecule has 0 aromatic carbocycles. The van der Waals surface area contributed by atoms with Crippen molar-refractivity contribution in [2.75, 3.05) is 6.54 Å². The molecule has 4 nitrogen and oxygen atoms in total. The maximum Gasteiger partial charge on any atom is 0.0897 e. The van der Waals surface area contributed by atoms with Crippen LogP contribution in [0.25, 0.3) is 0 Å². The van der Waals surface area contributed by atoms with Gasteiger partial charge in [0.05, 0.1) is 16.9 Å². The molecule has 20 heavy (non-hydrogen) atoms. The molecular weight excluding hydrogens is 292 g/mol. The fraction of sp³-hybridized carbons (Fsp3) is 0.571. The highest BCUT2D eigenvalue weighted by Crippen LogP contribution is 2.23. The predicted molar refractivity (Wildman–Crippen MR) is 86.8 cm³/mol. The SMILES string of the molecule is Cc1nc(CCNCc2cn[nH]c2C(C)(C)C)cs1.Cl. The zero-order valence-corrected chi connectivity index (χ0v) is 14.1. The van der Waals surface area contributed by atoms with Crippen molar-refractivity contribution in [1.29, 1.82) is 0 Å². The van der Waals surface area contributed by atoms with Gasteiger partial charge in [0.2, 0.25) is 0 Å². The summed E-state index contributed by atoms with van der Waals surface area (Å²) in [7, 11) is 0. The van der Waals surface area contributed by atoms with Gasteiger partial charge >= 0.3 is 0 Å². The van der Waals surface area contributed by atoms with Crippen molar-refractivity contribution in [1.82, 2.24) is 20.5 Å². The molecule has 2 heterocycles. The second kappa shape index (κ2) is 7.20. The second-order valence-corrected chi connectivity index (χ2v) is 6.87. The summed E-state index contributed by atoms with van der Waals surface area (Å²) < 4.78 is 0. The zero-order valence-electron chi connectivity index (χ0n) is 12.5. The van der Waals surface area contributed by atoms with E-state index in [2.05, 4.69) is 46.6 Å². The third-order valence-corrected chi connectivity index (χ3v) is 3.83. The molecule has 0 amide bonds. The van der Waals surface area contributed by atoms with Crippen LogP contribution in [0.15, 0.2) is 11.6 Å². The highest BCUT2D eigenvalue weighted by Gasteiger charge is 2.19. The Hall–Kier alpha value is -0.910. The number of rotatable bonds is 5. The number of hydrogen-bond acceptors (Lipinski definition) is 4. The lowest BCUT2D eigenvalue weighted by atomic mass is 9.89. The van der Waals surface area contributed by atoms with Crippen molar-refractivity contribution in [2.24, 2.45) is 0 Å². The Bertz CT molecular complexity index is 527. The largest absolute Gasteiger partial charge is 0.312 e. The van der Waals surface area contributed by atoms with Crippen LogP contribution >= 0.6 is 23.7 Å². The highest BCUT2D eigenvalue weighted by atomic mass is 35.5. The average molecular weight is 315 g/mol. The van der Waals surface area contributed by atoms with Crippen molar-refractivity contribution in [3.05, 3.63) is 33.5 Å². The molecule has 2 aromatic rings. The Morgan fingerprint density at radius 3 is 2.70 bits per heavy atom. The van der Waals surface area contributed by atoms with E-state index in [1.54, 1.807) is 11.3 Å². The summed E-state index contributed by atoms with van der Waals surface area (Å²) in [4.78, 5) is 4.46. The fourth-order valence-electron chi connectivity index (χ4n) is 2.06. The molecule has 6 heteroatoms. The van der Waals surface area contributed by atoms with E-state index in [1.165, 1.54) is 17.0 Å². The first-order valence-corrected chi connectivity index (χ1v) is 7.49. The molecule has 2 N–H and O–H groups in total. The third-order valence-electron chi connectivity index (χ3n) is 3.01. The van der Waals surface area contributed by atoms with Gasteiger partial charge in [-0.15, -0.1) is 23.7 Å². The highest BCUT2D eigenvalue weighted by molar-refractivity contribution is 7.09. The van der Waals surface area contributed by atoms with Gasteiger partial charge in [-0.25, -0.2) is 4.98 Å². The van der Waals surface area contributed by atoms with Crippen LogP contribution in [-0.2, 0) is 18.4 Å². The van der Waals surface area contributed by atoms with Crippen molar-refractivity contribution in [2.45, 2.75) is 46.1 Å². The predicted octanol–water partition coefficient (Wildman–Crippen LogP) is 3.23. The summed E-state index contributed by atoms with van der Waals surface area (Å²) in [5.41, 5.74) is 3.75. The minimum atomic E-state index is 0. The minimum Gasteiger partial charge on any atom is -0.312 e. The summed E-state index contributed by atoms with van der Waals surface area (Å²) in [5, 5.41) is 14.0. The van der Waals surface area contributed by atoms with Gasteiger partial charge in [0, 0.05) is 41.6 Å². The van der Waals surface area contributed by atoms with Crippen LogP contribution in [0.4, 0.5) is 0 Å². The van der Waals surface area contributed by atoms with Gasteiger partial charge < -0.3 is 5.32 Å². The van der Waals surface area contributed by atoms with Gasteiger partial charge in [0.25, 0.3) is 0 Å². The summed E-state index contributed by atoms with van der Waals surface area (Å²) in [6, 6.07) is 0. The Morgan fingerprint density at radius 1 is 1.35 bits per heavy atom. The quantitative estimate of drug-likeness (QED) is 0.833. The van der Waals surface area contributed by atoms with E-state index in [0.717, 1.165) is 24.5 Å². The topological polar surface area (TPSA) is 53.6 Å². The molecule has 0 saturated heterocycles. The number of aryl methyl sites for hydroxylation is 1. The van der Waals surface area contributed by atoms with E-state index in [0.29, 0.717) is 0 Å². The van der Waals surface area contributed by atoms with Crippen LogP contribution < -0.4 is 5.32 Å². The van der Waals surface area contributed by atoms with Crippen LogP contribution in [0, 0.1) is 6.92 Å². The third kappa shape index (κ3) is 4.58. The van der Waals surface area contributed by atoms with Crippen LogP contribution in [0.2, 0.25) is 0 Å². The van der Waals surface area contributed by atoms with Crippen molar-refractivity contribution < 1.29 is 0 Å².